The summed E-state index contributed by atoms with van der Waals surface area (Å²) in [6.45, 7) is 3.80. The molecule has 0 N–H and O–H groups in total. The van der Waals surface area contributed by atoms with Gasteiger partial charge in [0.25, 0.3) is 0 Å². The molecule has 0 radical (unpaired) electrons. The SMILES string of the molecule is CCOC(=O)C1CCN(C(=O)Cn2c(C3CC3)nc3ccccc32)CC1. The van der Waals surface area contributed by atoms with Crippen LogP contribution in [0, 0.1) is 5.92 Å². The van der Waals surface area contributed by atoms with Crippen molar-refractivity contribution in [1.29, 1.82) is 0 Å². The highest BCUT2D eigenvalue weighted by Crippen LogP contribution is 2.40. The van der Waals surface area contributed by atoms with Crippen LogP contribution in [0.25, 0.3) is 11.0 Å². The first-order valence-corrected chi connectivity index (χ1v) is 9.57. The van der Waals surface area contributed by atoms with Crippen molar-refractivity contribution in [2.45, 2.75) is 45.1 Å². The van der Waals surface area contributed by atoms with E-state index in [9.17, 15) is 9.59 Å². The fraction of sp³-hybridized carbons (Fsp3) is 0.550. The molecule has 1 saturated carbocycles. The maximum Gasteiger partial charge on any atom is 0.309 e. The van der Waals surface area contributed by atoms with Gasteiger partial charge in [-0.25, -0.2) is 4.98 Å². The van der Waals surface area contributed by atoms with Crippen molar-refractivity contribution in [3.05, 3.63) is 30.1 Å². The number of piperidine rings is 1. The summed E-state index contributed by atoms with van der Waals surface area (Å²) >= 11 is 0. The van der Waals surface area contributed by atoms with Gasteiger partial charge >= 0.3 is 5.97 Å². The van der Waals surface area contributed by atoms with Crippen LogP contribution >= 0.6 is 0 Å². The van der Waals surface area contributed by atoms with Gasteiger partial charge in [0.1, 0.15) is 12.4 Å². The molecule has 2 fully saturated rings. The van der Waals surface area contributed by atoms with Crippen LogP contribution in [0.2, 0.25) is 0 Å². The number of likely N-dealkylation sites (tertiary alicyclic amines) is 1. The number of carbonyl (C=O) groups excluding carboxylic acids is 2. The number of nitrogens with zero attached hydrogens (tertiary/aromatic N) is 3. The second-order valence-corrected chi connectivity index (χ2v) is 7.23. The molecule has 0 unspecified atom stereocenters. The van der Waals surface area contributed by atoms with E-state index in [0.717, 1.165) is 29.7 Å². The molecular weight excluding hydrogens is 330 g/mol. The van der Waals surface area contributed by atoms with Crippen molar-refractivity contribution in [2.24, 2.45) is 5.92 Å². The van der Waals surface area contributed by atoms with Gasteiger partial charge in [0.05, 0.1) is 23.6 Å². The van der Waals surface area contributed by atoms with Crippen LogP contribution in [0.4, 0.5) is 0 Å². The molecule has 26 heavy (non-hydrogen) atoms. The molecule has 1 aliphatic heterocycles. The van der Waals surface area contributed by atoms with Crippen LogP contribution < -0.4 is 0 Å². The predicted octanol–water partition coefficient (Wildman–Crippen LogP) is 2.72. The Morgan fingerprint density at radius 1 is 1.15 bits per heavy atom. The summed E-state index contributed by atoms with van der Waals surface area (Å²) in [6, 6.07) is 8.02. The van der Waals surface area contributed by atoms with E-state index in [-0.39, 0.29) is 17.8 Å². The van der Waals surface area contributed by atoms with E-state index >= 15 is 0 Å². The number of benzene rings is 1. The highest BCUT2D eigenvalue weighted by Gasteiger charge is 2.32. The molecule has 1 aromatic heterocycles. The molecule has 2 heterocycles. The van der Waals surface area contributed by atoms with Crippen molar-refractivity contribution in [2.75, 3.05) is 19.7 Å². The van der Waals surface area contributed by atoms with Crippen LogP contribution in [0.15, 0.2) is 24.3 Å². The molecule has 0 atom stereocenters. The number of aromatic nitrogens is 2. The van der Waals surface area contributed by atoms with E-state index in [1.165, 1.54) is 0 Å². The number of carbonyl (C=O) groups is 2. The Bertz CT molecular complexity index is 817. The van der Waals surface area contributed by atoms with Gasteiger partial charge in [-0.3, -0.25) is 9.59 Å². The molecule has 1 saturated heterocycles. The maximum absolute atomic E-state index is 12.9. The number of esters is 1. The fourth-order valence-electron chi connectivity index (χ4n) is 3.77. The second kappa shape index (κ2) is 7.09. The minimum absolute atomic E-state index is 0.0740. The van der Waals surface area contributed by atoms with Crippen LogP contribution in [0.5, 0.6) is 0 Å². The van der Waals surface area contributed by atoms with Crippen molar-refractivity contribution in [3.8, 4) is 0 Å². The lowest BCUT2D eigenvalue weighted by molar-refractivity contribution is -0.151. The van der Waals surface area contributed by atoms with Gasteiger partial charge in [-0.1, -0.05) is 12.1 Å². The summed E-state index contributed by atoms with van der Waals surface area (Å²) in [7, 11) is 0. The first kappa shape index (κ1) is 17.1. The Hall–Kier alpha value is -2.37. The number of ether oxygens (including phenoxy) is 1. The first-order valence-electron chi connectivity index (χ1n) is 9.57. The fourth-order valence-corrected chi connectivity index (χ4v) is 3.77. The average molecular weight is 355 g/mol. The van der Waals surface area contributed by atoms with E-state index in [2.05, 4.69) is 4.57 Å². The number of imidazole rings is 1. The third-order valence-corrected chi connectivity index (χ3v) is 5.39. The molecule has 6 heteroatoms. The molecule has 0 bridgehead atoms. The standard InChI is InChI=1S/C20H25N3O3/c1-2-26-20(25)15-9-11-22(12-10-15)18(24)13-23-17-6-4-3-5-16(17)21-19(23)14-7-8-14/h3-6,14-15H,2,7-13H2,1H3. The lowest BCUT2D eigenvalue weighted by Gasteiger charge is -2.31. The highest BCUT2D eigenvalue weighted by molar-refractivity contribution is 5.81. The number of fused-ring (bicyclic) bond motifs is 1. The zero-order valence-corrected chi connectivity index (χ0v) is 15.2. The monoisotopic (exact) mass is 355 g/mol. The Balaban J connectivity index is 1.45. The second-order valence-electron chi connectivity index (χ2n) is 7.23. The van der Waals surface area contributed by atoms with Crippen LogP contribution in [0.1, 0.15) is 44.3 Å². The Labute approximate surface area is 153 Å². The summed E-state index contributed by atoms with van der Waals surface area (Å²) in [5.41, 5.74) is 1.99. The zero-order valence-electron chi connectivity index (χ0n) is 15.2. The Kier molecular flexibility index (Phi) is 4.66. The third-order valence-electron chi connectivity index (χ3n) is 5.39. The molecule has 2 aromatic rings. The summed E-state index contributed by atoms with van der Waals surface area (Å²) in [6.07, 6.45) is 3.68. The van der Waals surface area contributed by atoms with E-state index in [0.29, 0.717) is 45.0 Å². The van der Waals surface area contributed by atoms with E-state index in [1.807, 2.05) is 36.1 Å². The number of amides is 1. The molecular formula is C20H25N3O3. The number of para-hydroxylation sites is 2. The molecule has 2 aliphatic rings. The van der Waals surface area contributed by atoms with Crippen molar-refractivity contribution < 1.29 is 14.3 Å². The summed E-state index contributed by atoms with van der Waals surface area (Å²) < 4.78 is 7.19. The van der Waals surface area contributed by atoms with E-state index < -0.39 is 0 Å². The van der Waals surface area contributed by atoms with Crippen LogP contribution in [0.3, 0.4) is 0 Å². The average Bonchev–Trinajstić information content (AvgIpc) is 3.45. The van der Waals surface area contributed by atoms with Gasteiger partial charge < -0.3 is 14.2 Å². The van der Waals surface area contributed by atoms with Crippen LogP contribution in [-0.4, -0.2) is 46.0 Å². The lowest BCUT2D eigenvalue weighted by Crippen LogP contribution is -2.42. The summed E-state index contributed by atoms with van der Waals surface area (Å²) in [5.74, 6) is 1.44. The first-order chi connectivity index (χ1) is 12.7. The smallest absolute Gasteiger partial charge is 0.309 e. The summed E-state index contributed by atoms with van der Waals surface area (Å²) in [5, 5.41) is 0. The molecule has 1 amide bonds. The summed E-state index contributed by atoms with van der Waals surface area (Å²) in [4.78, 5) is 31.4. The number of hydrogen-bond donors (Lipinski definition) is 0. The molecule has 138 valence electrons. The highest BCUT2D eigenvalue weighted by atomic mass is 16.5. The van der Waals surface area contributed by atoms with Crippen LogP contribution in [-0.2, 0) is 20.9 Å². The van der Waals surface area contributed by atoms with Crippen molar-refractivity contribution >= 4 is 22.9 Å². The van der Waals surface area contributed by atoms with Gasteiger partial charge in [-0.2, -0.15) is 0 Å². The largest absolute Gasteiger partial charge is 0.466 e. The van der Waals surface area contributed by atoms with E-state index in [4.69, 9.17) is 9.72 Å². The van der Waals surface area contributed by atoms with Crippen molar-refractivity contribution in [1.82, 2.24) is 14.5 Å². The molecule has 1 aromatic carbocycles. The molecule has 6 nitrogen and oxygen atoms in total. The third kappa shape index (κ3) is 3.32. The Morgan fingerprint density at radius 2 is 1.88 bits per heavy atom. The minimum Gasteiger partial charge on any atom is -0.466 e. The lowest BCUT2D eigenvalue weighted by atomic mass is 9.97. The van der Waals surface area contributed by atoms with E-state index in [1.54, 1.807) is 0 Å². The maximum atomic E-state index is 12.9. The van der Waals surface area contributed by atoms with Gasteiger partial charge in [0.2, 0.25) is 5.91 Å². The van der Waals surface area contributed by atoms with Crippen molar-refractivity contribution in [3.63, 3.8) is 0 Å². The minimum atomic E-state index is -0.128. The number of rotatable bonds is 5. The number of hydrogen-bond acceptors (Lipinski definition) is 4. The van der Waals surface area contributed by atoms with Gasteiger partial charge in [0.15, 0.2) is 0 Å². The molecule has 1 aliphatic carbocycles. The predicted molar refractivity (Wildman–Crippen MR) is 97.6 cm³/mol. The Morgan fingerprint density at radius 3 is 2.58 bits per heavy atom. The van der Waals surface area contributed by atoms with Gasteiger partial charge in [-0.15, -0.1) is 0 Å². The quantitative estimate of drug-likeness (QED) is 0.774. The molecule has 0 spiro atoms. The normalized spacial score (nSPS) is 18.3. The van der Waals surface area contributed by atoms with Gasteiger partial charge in [-0.05, 0) is 44.7 Å². The topological polar surface area (TPSA) is 64.4 Å². The molecule has 4 rings (SSSR count). The zero-order chi connectivity index (χ0) is 18.1. The van der Waals surface area contributed by atoms with Gasteiger partial charge in [0, 0.05) is 19.0 Å².